The molecule has 1 atom stereocenters. The Balaban J connectivity index is 0.00000129. The third-order valence-corrected chi connectivity index (χ3v) is 6.09. The molecular weight excluding hydrogens is 422 g/mol. The van der Waals surface area contributed by atoms with Crippen LogP contribution < -0.4 is 10.1 Å². The number of ether oxygens (including phenoxy) is 2. The number of benzene rings is 1. The molecule has 188 valence electrons. The van der Waals surface area contributed by atoms with Crippen molar-refractivity contribution < 1.29 is 9.47 Å². The Kier molecular flexibility index (Phi) is 12.0. The van der Waals surface area contributed by atoms with Crippen LogP contribution in [0.15, 0.2) is 54.2 Å². The molecule has 0 amide bonds. The average Bonchev–Trinajstić information content (AvgIpc) is 3.21. The van der Waals surface area contributed by atoms with E-state index in [9.17, 15) is 0 Å². The Labute approximate surface area is 207 Å². The van der Waals surface area contributed by atoms with Crippen molar-refractivity contribution in [3.05, 3.63) is 71.2 Å². The molecule has 2 heterocycles. The first-order valence-electron chi connectivity index (χ1n) is 12.5. The SMILES string of the molecule is CCCN(CCC1N/C(C)=C/CC/C=C(\C)n2c(C)ccc21)Cc1cccc(OC)c1.COC. The van der Waals surface area contributed by atoms with E-state index < -0.39 is 0 Å². The number of rotatable bonds is 8. The molecule has 1 aromatic heterocycles. The van der Waals surface area contributed by atoms with E-state index in [0.717, 1.165) is 51.1 Å². The first-order valence-corrected chi connectivity index (χ1v) is 12.5. The van der Waals surface area contributed by atoms with E-state index in [-0.39, 0.29) is 6.04 Å². The van der Waals surface area contributed by atoms with Gasteiger partial charge in [-0.2, -0.15) is 0 Å². The van der Waals surface area contributed by atoms with Crippen LogP contribution in [0.2, 0.25) is 0 Å². The number of nitrogens with zero attached hydrogens (tertiary/aromatic N) is 2. The van der Waals surface area contributed by atoms with Crippen molar-refractivity contribution in [2.24, 2.45) is 0 Å². The highest BCUT2D eigenvalue weighted by Crippen LogP contribution is 2.27. The van der Waals surface area contributed by atoms with Gasteiger partial charge in [0.05, 0.1) is 13.2 Å². The van der Waals surface area contributed by atoms with Crippen LogP contribution in [0.3, 0.4) is 0 Å². The average molecular weight is 468 g/mol. The maximum atomic E-state index is 5.42. The van der Waals surface area contributed by atoms with E-state index in [4.69, 9.17) is 4.74 Å². The number of allylic oxidation sites excluding steroid dienone is 4. The Bertz CT molecular complexity index is 929. The number of nitrogens with one attached hydrogen (secondary N) is 1. The van der Waals surface area contributed by atoms with E-state index in [1.54, 1.807) is 21.3 Å². The normalized spacial score (nSPS) is 19.0. The molecule has 2 aromatic rings. The molecule has 5 heteroatoms. The Morgan fingerprint density at radius 1 is 1.00 bits per heavy atom. The fourth-order valence-electron chi connectivity index (χ4n) is 4.55. The summed E-state index contributed by atoms with van der Waals surface area (Å²) in [6.07, 6.45) is 9.08. The lowest BCUT2D eigenvalue weighted by Gasteiger charge is -2.28. The van der Waals surface area contributed by atoms with Gasteiger partial charge in [-0.15, -0.1) is 0 Å². The molecule has 3 rings (SSSR count). The third kappa shape index (κ3) is 8.37. The fraction of sp³-hybridized carbons (Fsp3) is 0.517. The molecule has 0 bridgehead atoms. The van der Waals surface area contributed by atoms with Crippen LogP contribution in [0.1, 0.15) is 69.4 Å². The zero-order chi connectivity index (χ0) is 24.9. The zero-order valence-corrected chi connectivity index (χ0v) is 22.4. The predicted octanol–water partition coefficient (Wildman–Crippen LogP) is 6.56. The van der Waals surface area contributed by atoms with Crippen LogP contribution in [0, 0.1) is 6.92 Å². The summed E-state index contributed by atoms with van der Waals surface area (Å²) in [5, 5.41) is 3.82. The number of hydrogen-bond acceptors (Lipinski definition) is 4. The molecular formula is C29H45N3O2. The summed E-state index contributed by atoms with van der Waals surface area (Å²) in [5.41, 5.74) is 6.58. The minimum atomic E-state index is 0.288. The van der Waals surface area contributed by atoms with Gasteiger partial charge in [0.2, 0.25) is 0 Å². The summed E-state index contributed by atoms with van der Waals surface area (Å²) in [7, 11) is 4.98. The van der Waals surface area contributed by atoms with E-state index in [2.05, 4.69) is 89.7 Å². The van der Waals surface area contributed by atoms with Gasteiger partial charge in [-0.05, 0) is 82.8 Å². The first kappa shape index (κ1) is 27.7. The monoisotopic (exact) mass is 467 g/mol. The van der Waals surface area contributed by atoms with Crippen LogP contribution in [-0.4, -0.2) is 43.9 Å². The maximum Gasteiger partial charge on any atom is 0.119 e. The lowest BCUT2D eigenvalue weighted by Crippen LogP contribution is -2.30. The molecule has 1 N–H and O–H groups in total. The zero-order valence-electron chi connectivity index (χ0n) is 22.4. The lowest BCUT2D eigenvalue weighted by atomic mass is 10.1. The van der Waals surface area contributed by atoms with Crippen molar-refractivity contribution >= 4 is 5.70 Å². The van der Waals surface area contributed by atoms with Crippen LogP contribution >= 0.6 is 0 Å². The smallest absolute Gasteiger partial charge is 0.119 e. The van der Waals surface area contributed by atoms with Crippen molar-refractivity contribution in [2.45, 2.75) is 66.0 Å². The second kappa shape index (κ2) is 14.7. The van der Waals surface area contributed by atoms with E-state index in [1.807, 2.05) is 6.07 Å². The van der Waals surface area contributed by atoms with Gasteiger partial charge < -0.3 is 19.4 Å². The van der Waals surface area contributed by atoms with Crippen LogP contribution in [0.5, 0.6) is 5.75 Å². The molecule has 0 spiro atoms. The second-order valence-electron chi connectivity index (χ2n) is 9.07. The van der Waals surface area contributed by atoms with E-state index in [0.29, 0.717) is 0 Å². The Morgan fingerprint density at radius 2 is 1.74 bits per heavy atom. The fourth-order valence-corrected chi connectivity index (χ4v) is 4.55. The molecule has 5 nitrogen and oxygen atoms in total. The minimum Gasteiger partial charge on any atom is -0.497 e. The number of aryl methyl sites for hydroxylation is 1. The maximum absolute atomic E-state index is 5.42. The molecule has 0 radical (unpaired) electrons. The summed E-state index contributed by atoms with van der Waals surface area (Å²) < 4.78 is 12.1. The van der Waals surface area contributed by atoms with Gasteiger partial charge in [0.25, 0.3) is 0 Å². The molecule has 0 aliphatic carbocycles. The highest BCUT2D eigenvalue weighted by Gasteiger charge is 2.20. The lowest BCUT2D eigenvalue weighted by molar-refractivity contribution is 0.249. The number of methoxy groups -OCH3 is 2. The molecule has 0 saturated carbocycles. The van der Waals surface area contributed by atoms with Crippen molar-refractivity contribution in [1.82, 2.24) is 14.8 Å². The molecule has 1 unspecified atom stereocenters. The van der Waals surface area contributed by atoms with E-state index in [1.165, 1.54) is 28.3 Å². The molecule has 1 aromatic carbocycles. The van der Waals surface area contributed by atoms with Gasteiger partial charge >= 0.3 is 0 Å². The van der Waals surface area contributed by atoms with Crippen molar-refractivity contribution in [2.75, 3.05) is 34.4 Å². The summed E-state index contributed by atoms with van der Waals surface area (Å²) in [4.78, 5) is 2.57. The molecule has 0 saturated heterocycles. The summed E-state index contributed by atoms with van der Waals surface area (Å²) in [6.45, 7) is 12.0. The largest absolute Gasteiger partial charge is 0.497 e. The van der Waals surface area contributed by atoms with Gasteiger partial charge in [-0.25, -0.2) is 0 Å². The summed E-state index contributed by atoms with van der Waals surface area (Å²) in [5.74, 6) is 0.930. The number of fused-ring (bicyclic) bond motifs is 1. The summed E-state index contributed by atoms with van der Waals surface area (Å²) in [6, 6.07) is 13.3. The molecule has 1 aliphatic rings. The molecule has 0 fully saturated rings. The van der Waals surface area contributed by atoms with Gasteiger partial charge in [-0.3, -0.25) is 4.90 Å². The van der Waals surface area contributed by atoms with Crippen LogP contribution in [0.4, 0.5) is 0 Å². The van der Waals surface area contributed by atoms with Crippen molar-refractivity contribution in [3.8, 4) is 5.75 Å². The second-order valence-corrected chi connectivity index (χ2v) is 9.07. The van der Waals surface area contributed by atoms with Gasteiger partial charge in [0, 0.05) is 50.1 Å². The van der Waals surface area contributed by atoms with Crippen molar-refractivity contribution in [1.29, 1.82) is 0 Å². The van der Waals surface area contributed by atoms with Crippen LogP contribution in [-0.2, 0) is 11.3 Å². The summed E-state index contributed by atoms with van der Waals surface area (Å²) >= 11 is 0. The Morgan fingerprint density at radius 3 is 2.44 bits per heavy atom. The highest BCUT2D eigenvalue weighted by atomic mass is 16.5. The quantitative estimate of drug-likeness (QED) is 0.477. The van der Waals surface area contributed by atoms with Crippen LogP contribution in [0.25, 0.3) is 5.70 Å². The highest BCUT2D eigenvalue weighted by molar-refractivity contribution is 5.48. The van der Waals surface area contributed by atoms with Crippen molar-refractivity contribution in [3.63, 3.8) is 0 Å². The van der Waals surface area contributed by atoms with E-state index >= 15 is 0 Å². The van der Waals surface area contributed by atoms with Gasteiger partial charge in [0.15, 0.2) is 0 Å². The molecule has 34 heavy (non-hydrogen) atoms. The van der Waals surface area contributed by atoms with Gasteiger partial charge in [0.1, 0.15) is 5.75 Å². The first-order chi connectivity index (χ1) is 16.4. The third-order valence-electron chi connectivity index (χ3n) is 6.09. The standard InChI is InChI=1S/C27H39N3O.C2H6O/c1-6-17-29(20-24-12-9-13-25(19-24)31-5)18-16-26-27-15-14-23(4)30(27)22(3)11-8-7-10-21(2)28-26;1-3-2/h9-15,19,26,28H,6-8,16-18,20H2,1-5H3;1-2H3/b21-10+,22-11+;. The number of aromatic nitrogens is 1. The predicted molar refractivity (Wildman–Crippen MR) is 144 cm³/mol. The van der Waals surface area contributed by atoms with Gasteiger partial charge in [-0.1, -0.05) is 31.2 Å². The topological polar surface area (TPSA) is 38.7 Å². The Hall–Kier alpha value is -2.50. The molecule has 1 aliphatic heterocycles. The minimum absolute atomic E-state index is 0.288. The number of hydrogen-bond donors (Lipinski definition) is 1.